The van der Waals surface area contributed by atoms with Crippen molar-refractivity contribution in [2.24, 2.45) is 0 Å². The molecule has 2 atom stereocenters. The Morgan fingerprint density at radius 3 is 2.44 bits per heavy atom. The molecule has 1 aliphatic heterocycles. The Kier molecular flexibility index (Phi) is 5.77. The highest BCUT2D eigenvalue weighted by atomic mass is 16.7. The van der Waals surface area contributed by atoms with Crippen LogP contribution in [-0.2, 0) is 9.47 Å². The SMILES string of the molecule is CCCCCCCC1OC(C)CC(C)(C)O1. The summed E-state index contributed by atoms with van der Waals surface area (Å²) < 4.78 is 11.7. The molecule has 0 aromatic heterocycles. The summed E-state index contributed by atoms with van der Waals surface area (Å²) in [7, 11) is 0. The molecule has 16 heavy (non-hydrogen) atoms. The van der Waals surface area contributed by atoms with Crippen LogP contribution in [0.3, 0.4) is 0 Å². The van der Waals surface area contributed by atoms with E-state index in [0.29, 0.717) is 6.10 Å². The Balaban J connectivity index is 2.16. The van der Waals surface area contributed by atoms with Crippen LogP contribution in [0.25, 0.3) is 0 Å². The molecule has 1 aliphatic rings. The fraction of sp³-hybridized carbons (Fsp3) is 1.00. The van der Waals surface area contributed by atoms with E-state index in [1.807, 2.05) is 0 Å². The summed E-state index contributed by atoms with van der Waals surface area (Å²) >= 11 is 0. The van der Waals surface area contributed by atoms with E-state index < -0.39 is 0 Å². The summed E-state index contributed by atoms with van der Waals surface area (Å²) in [6, 6.07) is 0. The van der Waals surface area contributed by atoms with E-state index in [0.717, 1.165) is 12.8 Å². The lowest BCUT2D eigenvalue weighted by atomic mass is 9.99. The largest absolute Gasteiger partial charge is 0.350 e. The monoisotopic (exact) mass is 228 g/mol. The van der Waals surface area contributed by atoms with Gasteiger partial charge in [0.1, 0.15) is 0 Å². The second-order valence-corrected chi connectivity index (χ2v) is 5.66. The minimum atomic E-state index is -0.00818. The minimum absolute atomic E-state index is 0.00818. The second-order valence-electron chi connectivity index (χ2n) is 5.66. The summed E-state index contributed by atoms with van der Waals surface area (Å²) in [6.45, 7) is 8.72. The van der Waals surface area contributed by atoms with Crippen LogP contribution in [0.4, 0.5) is 0 Å². The first-order valence-corrected chi connectivity index (χ1v) is 6.87. The maximum absolute atomic E-state index is 5.93. The van der Waals surface area contributed by atoms with Crippen LogP contribution in [-0.4, -0.2) is 18.0 Å². The Bertz CT molecular complexity index is 189. The zero-order chi connectivity index (χ0) is 12.0. The van der Waals surface area contributed by atoms with Gasteiger partial charge in [-0.2, -0.15) is 0 Å². The van der Waals surface area contributed by atoms with Crippen molar-refractivity contribution in [2.45, 2.75) is 90.6 Å². The molecule has 0 spiro atoms. The molecular formula is C14H28O2. The van der Waals surface area contributed by atoms with Gasteiger partial charge >= 0.3 is 0 Å². The zero-order valence-corrected chi connectivity index (χ0v) is 11.4. The molecule has 0 saturated carbocycles. The zero-order valence-electron chi connectivity index (χ0n) is 11.4. The highest BCUT2D eigenvalue weighted by Gasteiger charge is 2.32. The second kappa shape index (κ2) is 6.61. The van der Waals surface area contributed by atoms with Gasteiger partial charge in [0, 0.05) is 6.42 Å². The Labute approximate surface area is 101 Å². The van der Waals surface area contributed by atoms with Gasteiger partial charge in [-0.3, -0.25) is 0 Å². The van der Waals surface area contributed by atoms with E-state index in [1.54, 1.807) is 0 Å². The maximum Gasteiger partial charge on any atom is 0.158 e. The first-order valence-electron chi connectivity index (χ1n) is 6.87. The molecule has 0 aliphatic carbocycles. The van der Waals surface area contributed by atoms with Crippen molar-refractivity contribution < 1.29 is 9.47 Å². The van der Waals surface area contributed by atoms with E-state index in [9.17, 15) is 0 Å². The summed E-state index contributed by atoms with van der Waals surface area (Å²) in [5.41, 5.74) is -0.00818. The first kappa shape index (κ1) is 14.0. The molecule has 96 valence electrons. The van der Waals surface area contributed by atoms with Crippen LogP contribution >= 0.6 is 0 Å². The number of ether oxygens (including phenoxy) is 2. The van der Waals surface area contributed by atoms with Gasteiger partial charge < -0.3 is 9.47 Å². The fourth-order valence-electron chi connectivity index (χ4n) is 2.47. The third-order valence-corrected chi connectivity index (χ3v) is 3.16. The average Bonchev–Trinajstić information content (AvgIpc) is 2.14. The van der Waals surface area contributed by atoms with Crippen molar-refractivity contribution in [3.05, 3.63) is 0 Å². The minimum Gasteiger partial charge on any atom is -0.350 e. The van der Waals surface area contributed by atoms with Crippen molar-refractivity contribution in [3.8, 4) is 0 Å². The molecule has 0 radical (unpaired) electrons. The van der Waals surface area contributed by atoms with Crippen LogP contribution < -0.4 is 0 Å². The van der Waals surface area contributed by atoms with Crippen molar-refractivity contribution in [1.82, 2.24) is 0 Å². The predicted octanol–water partition coefficient (Wildman–Crippen LogP) is 4.28. The molecule has 2 heteroatoms. The summed E-state index contributed by atoms with van der Waals surface area (Å²) in [4.78, 5) is 0. The number of unbranched alkanes of at least 4 members (excludes halogenated alkanes) is 4. The standard InChI is InChI=1S/C14H28O2/c1-5-6-7-8-9-10-13-15-12(2)11-14(3,4)16-13/h12-13H,5-11H2,1-4H3. The van der Waals surface area contributed by atoms with E-state index >= 15 is 0 Å². The van der Waals surface area contributed by atoms with Gasteiger partial charge in [-0.15, -0.1) is 0 Å². The molecule has 1 heterocycles. The highest BCUT2D eigenvalue weighted by molar-refractivity contribution is 4.77. The van der Waals surface area contributed by atoms with Crippen molar-refractivity contribution in [1.29, 1.82) is 0 Å². The smallest absolute Gasteiger partial charge is 0.158 e. The van der Waals surface area contributed by atoms with Crippen LogP contribution in [0.1, 0.15) is 72.6 Å². The van der Waals surface area contributed by atoms with Gasteiger partial charge in [0.25, 0.3) is 0 Å². The fourth-order valence-corrected chi connectivity index (χ4v) is 2.47. The Hall–Kier alpha value is -0.0800. The molecule has 0 bridgehead atoms. The lowest BCUT2D eigenvalue weighted by Gasteiger charge is -2.39. The van der Waals surface area contributed by atoms with Gasteiger partial charge in [0.15, 0.2) is 6.29 Å². The molecule has 1 rings (SSSR count). The third kappa shape index (κ3) is 5.31. The molecular weight excluding hydrogens is 200 g/mol. The lowest BCUT2D eigenvalue weighted by molar-refractivity contribution is -0.270. The molecule has 0 aromatic rings. The summed E-state index contributed by atoms with van der Waals surface area (Å²) in [5, 5.41) is 0. The van der Waals surface area contributed by atoms with Crippen LogP contribution in [0.5, 0.6) is 0 Å². The number of hydrogen-bond donors (Lipinski definition) is 0. The van der Waals surface area contributed by atoms with Gasteiger partial charge in [-0.05, 0) is 33.6 Å². The molecule has 2 nitrogen and oxygen atoms in total. The normalized spacial score (nSPS) is 29.2. The Morgan fingerprint density at radius 1 is 1.12 bits per heavy atom. The maximum atomic E-state index is 5.93. The number of rotatable bonds is 6. The Morgan fingerprint density at radius 2 is 1.81 bits per heavy atom. The summed E-state index contributed by atoms with van der Waals surface area (Å²) in [5.74, 6) is 0. The lowest BCUT2D eigenvalue weighted by Crippen LogP contribution is -2.42. The van der Waals surface area contributed by atoms with Gasteiger partial charge in [-0.25, -0.2) is 0 Å². The molecule has 0 aromatic carbocycles. The summed E-state index contributed by atoms with van der Waals surface area (Å²) in [6.07, 6.45) is 8.97. The van der Waals surface area contributed by atoms with Crippen molar-refractivity contribution >= 4 is 0 Å². The van der Waals surface area contributed by atoms with Gasteiger partial charge in [0.2, 0.25) is 0 Å². The molecule has 2 unspecified atom stereocenters. The van der Waals surface area contributed by atoms with Crippen LogP contribution in [0.2, 0.25) is 0 Å². The van der Waals surface area contributed by atoms with Crippen LogP contribution in [0, 0.1) is 0 Å². The van der Waals surface area contributed by atoms with E-state index in [4.69, 9.17) is 9.47 Å². The van der Waals surface area contributed by atoms with Gasteiger partial charge in [-0.1, -0.05) is 32.6 Å². The predicted molar refractivity (Wildman–Crippen MR) is 67.5 cm³/mol. The van der Waals surface area contributed by atoms with Crippen molar-refractivity contribution in [2.75, 3.05) is 0 Å². The van der Waals surface area contributed by atoms with Crippen molar-refractivity contribution in [3.63, 3.8) is 0 Å². The van der Waals surface area contributed by atoms with Crippen LogP contribution in [0.15, 0.2) is 0 Å². The average molecular weight is 228 g/mol. The van der Waals surface area contributed by atoms with E-state index in [1.165, 1.54) is 32.1 Å². The molecule has 0 N–H and O–H groups in total. The molecule has 1 saturated heterocycles. The highest BCUT2D eigenvalue weighted by Crippen LogP contribution is 2.29. The first-order chi connectivity index (χ1) is 7.53. The quantitative estimate of drug-likeness (QED) is 0.632. The molecule has 0 amide bonds. The topological polar surface area (TPSA) is 18.5 Å². The van der Waals surface area contributed by atoms with E-state index in [2.05, 4.69) is 27.7 Å². The van der Waals surface area contributed by atoms with Gasteiger partial charge in [0.05, 0.1) is 11.7 Å². The molecule has 1 fully saturated rings. The van der Waals surface area contributed by atoms with E-state index in [-0.39, 0.29) is 11.9 Å². The number of hydrogen-bond acceptors (Lipinski definition) is 2. The third-order valence-electron chi connectivity index (χ3n) is 3.16.